The fourth-order valence-electron chi connectivity index (χ4n) is 3.55. The molecular weight excluding hydrogens is 399 g/mol. The van der Waals surface area contributed by atoms with Gasteiger partial charge in [0.1, 0.15) is 11.5 Å². The van der Waals surface area contributed by atoms with Crippen LogP contribution in [-0.4, -0.2) is 14.2 Å². The molecule has 0 radical (unpaired) electrons. The van der Waals surface area contributed by atoms with Crippen LogP contribution in [0.5, 0.6) is 11.5 Å². The zero-order valence-electron chi connectivity index (χ0n) is 16.7. The van der Waals surface area contributed by atoms with Crippen molar-refractivity contribution in [3.05, 3.63) is 85.6 Å². The lowest BCUT2D eigenvalue weighted by Gasteiger charge is -2.21. The van der Waals surface area contributed by atoms with Crippen molar-refractivity contribution in [3.63, 3.8) is 0 Å². The Hall–Kier alpha value is -3.11. The molecule has 6 heteroatoms. The molecule has 0 saturated carbocycles. The largest absolute Gasteiger partial charge is 0.529 e. The van der Waals surface area contributed by atoms with Crippen LogP contribution in [0.15, 0.2) is 85.6 Å². The lowest BCUT2D eigenvalue weighted by Crippen LogP contribution is -2.00. The molecule has 4 aromatic carbocycles. The van der Waals surface area contributed by atoms with Crippen molar-refractivity contribution in [1.82, 2.24) is 0 Å². The maximum absolute atomic E-state index is 12.8. The van der Waals surface area contributed by atoms with Crippen LogP contribution in [-0.2, 0) is 13.6 Å². The lowest BCUT2D eigenvalue weighted by atomic mass is 9.92. The Morgan fingerprint density at radius 2 is 1.23 bits per heavy atom. The predicted molar refractivity (Wildman–Crippen MR) is 120 cm³/mol. The van der Waals surface area contributed by atoms with Crippen molar-refractivity contribution in [2.24, 2.45) is 0 Å². The average molecular weight is 420 g/mol. The zero-order chi connectivity index (χ0) is 21.1. The van der Waals surface area contributed by atoms with E-state index in [0.29, 0.717) is 11.5 Å². The minimum absolute atomic E-state index is 0.367. The Labute approximate surface area is 175 Å². The Kier molecular flexibility index (Phi) is 5.60. The van der Waals surface area contributed by atoms with E-state index in [9.17, 15) is 4.57 Å². The van der Waals surface area contributed by atoms with E-state index in [0.717, 1.165) is 32.7 Å². The number of hydrogen-bond donors (Lipinski definition) is 0. The first-order valence-electron chi connectivity index (χ1n) is 9.33. The number of rotatable bonds is 7. The van der Waals surface area contributed by atoms with Crippen LogP contribution < -0.4 is 9.26 Å². The molecule has 4 rings (SSSR count). The summed E-state index contributed by atoms with van der Waals surface area (Å²) < 4.78 is 34.4. The van der Waals surface area contributed by atoms with E-state index in [2.05, 4.69) is 6.58 Å². The van der Waals surface area contributed by atoms with Gasteiger partial charge < -0.3 is 9.26 Å². The molecule has 4 aromatic rings. The van der Waals surface area contributed by atoms with E-state index in [-0.39, 0.29) is 0 Å². The van der Waals surface area contributed by atoms with Gasteiger partial charge in [0.25, 0.3) is 0 Å². The third-order valence-electron chi connectivity index (χ3n) is 4.90. The highest BCUT2D eigenvalue weighted by Gasteiger charge is 2.28. The van der Waals surface area contributed by atoms with Crippen LogP contribution in [0, 0.1) is 0 Å². The third kappa shape index (κ3) is 3.59. The molecule has 0 amide bonds. The van der Waals surface area contributed by atoms with Gasteiger partial charge in [-0.2, -0.15) is 0 Å². The second-order valence-corrected chi connectivity index (χ2v) is 8.32. The van der Waals surface area contributed by atoms with Crippen molar-refractivity contribution >= 4 is 29.4 Å². The van der Waals surface area contributed by atoms with E-state index in [4.69, 9.17) is 18.3 Å². The molecule has 152 valence electrons. The topological polar surface area (TPSA) is 54.0 Å². The first-order chi connectivity index (χ1) is 14.6. The smallest absolute Gasteiger partial charge is 0.465 e. The van der Waals surface area contributed by atoms with Crippen LogP contribution >= 0.6 is 7.82 Å². The highest BCUT2D eigenvalue weighted by Crippen LogP contribution is 2.53. The molecule has 0 fully saturated rings. The lowest BCUT2D eigenvalue weighted by molar-refractivity contribution is 0.211. The number of phosphoric acid groups is 1. The van der Waals surface area contributed by atoms with Crippen molar-refractivity contribution in [2.45, 2.75) is 0 Å². The van der Waals surface area contributed by atoms with Gasteiger partial charge >= 0.3 is 7.82 Å². The summed E-state index contributed by atoms with van der Waals surface area (Å²) in [5, 5.41) is 3.91. The molecule has 0 saturated heterocycles. The summed E-state index contributed by atoms with van der Waals surface area (Å²) in [5.41, 5.74) is 1.54. The van der Waals surface area contributed by atoms with E-state index in [1.54, 1.807) is 6.07 Å². The van der Waals surface area contributed by atoms with Crippen molar-refractivity contribution in [3.8, 4) is 22.6 Å². The van der Waals surface area contributed by atoms with E-state index < -0.39 is 7.82 Å². The molecule has 0 N–H and O–H groups in total. The Bertz CT molecular complexity index is 1270. The number of hydrogen-bond acceptors (Lipinski definition) is 5. The minimum atomic E-state index is -3.78. The standard InChI is InChI=1S/C24H21O5P/c1-4-28-21-15-13-17-9-5-7-11-19(17)23(21)24-20-12-8-6-10-18(20)14-16-22(24)29-30(25,26-2)27-3/h4-16H,1H2,2-3H3. The maximum Gasteiger partial charge on any atom is 0.529 e. The third-order valence-corrected chi connectivity index (χ3v) is 6.21. The molecule has 0 aliphatic rings. The number of fused-ring (bicyclic) bond motifs is 2. The minimum Gasteiger partial charge on any atom is -0.465 e. The SMILES string of the molecule is C=COc1ccc2ccccc2c1-c1c(OP(=O)(OC)OC)ccc2ccccc12. The highest BCUT2D eigenvalue weighted by atomic mass is 31.2. The average Bonchev–Trinajstić information content (AvgIpc) is 2.79. The van der Waals surface area contributed by atoms with Crippen LogP contribution in [0.4, 0.5) is 0 Å². The van der Waals surface area contributed by atoms with Gasteiger partial charge in [0.2, 0.25) is 0 Å². The summed E-state index contributed by atoms with van der Waals surface area (Å²) in [6.07, 6.45) is 1.38. The highest BCUT2D eigenvalue weighted by molar-refractivity contribution is 7.48. The summed E-state index contributed by atoms with van der Waals surface area (Å²) in [7, 11) is -1.21. The molecule has 0 unspecified atom stereocenters. The van der Waals surface area contributed by atoms with Gasteiger partial charge in [-0.05, 0) is 33.7 Å². The van der Waals surface area contributed by atoms with Gasteiger partial charge in [-0.3, -0.25) is 9.05 Å². The van der Waals surface area contributed by atoms with Crippen molar-refractivity contribution in [1.29, 1.82) is 0 Å². The molecule has 0 aliphatic carbocycles. The Morgan fingerprint density at radius 3 is 1.77 bits per heavy atom. The second kappa shape index (κ2) is 8.33. The van der Waals surface area contributed by atoms with Crippen LogP contribution in [0.3, 0.4) is 0 Å². The summed E-state index contributed by atoms with van der Waals surface area (Å²) in [6.45, 7) is 3.70. The molecule has 0 spiro atoms. The Morgan fingerprint density at radius 1 is 0.733 bits per heavy atom. The number of ether oxygens (including phenoxy) is 1. The zero-order valence-corrected chi connectivity index (χ0v) is 17.6. The van der Waals surface area contributed by atoms with Gasteiger partial charge in [0.05, 0.1) is 6.26 Å². The Balaban J connectivity index is 2.12. The molecule has 0 bridgehead atoms. The molecular formula is C24H21O5P. The normalized spacial score (nSPS) is 11.5. The molecule has 30 heavy (non-hydrogen) atoms. The van der Waals surface area contributed by atoms with Gasteiger partial charge in [-0.1, -0.05) is 67.2 Å². The summed E-state index contributed by atoms with van der Waals surface area (Å²) in [4.78, 5) is 0. The van der Waals surface area contributed by atoms with Crippen LogP contribution in [0.2, 0.25) is 0 Å². The van der Waals surface area contributed by atoms with E-state index >= 15 is 0 Å². The summed E-state index contributed by atoms with van der Waals surface area (Å²) in [6, 6.07) is 23.4. The fourth-order valence-corrected chi connectivity index (χ4v) is 4.24. The monoisotopic (exact) mass is 420 g/mol. The molecule has 0 heterocycles. The first-order valence-corrected chi connectivity index (χ1v) is 10.8. The van der Waals surface area contributed by atoms with Gasteiger partial charge in [-0.15, -0.1) is 0 Å². The van der Waals surface area contributed by atoms with Gasteiger partial charge in [0, 0.05) is 25.3 Å². The molecule has 0 aliphatic heterocycles. The van der Waals surface area contributed by atoms with E-state index in [1.165, 1.54) is 20.5 Å². The van der Waals surface area contributed by atoms with Crippen LogP contribution in [0.25, 0.3) is 32.7 Å². The predicted octanol–water partition coefficient (Wildman–Crippen LogP) is 6.96. The van der Waals surface area contributed by atoms with E-state index in [1.807, 2.05) is 66.7 Å². The van der Waals surface area contributed by atoms with Crippen LogP contribution in [0.1, 0.15) is 0 Å². The maximum atomic E-state index is 12.8. The first kappa shape index (κ1) is 20.2. The molecule has 0 atom stereocenters. The molecule has 0 aromatic heterocycles. The van der Waals surface area contributed by atoms with Gasteiger partial charge in [-0.25, -0.2) is 4.57 Å². The summed E-state index contributed by atoms with van der Waals surface area (Å²) >= 11 is 0. The second-order valence-electron chi connectivity index (χ2n) is 6.51. The van der Waals surface area contributed by atoms with Gasteiger partial charge in [0.15, 0.2) is 0 Å². The van der Waals surface area contributed by atoms with Crippen molar-refractivity contribution in [2.75, 3.05) is 14.2 Å². The quantitative estimate of drug-likeness (QED) is 0.239. The fraction of sp³-hybridized carbons (Fsp3) is 0.0833. The molecule has 5 nitrogen and oxygen atoms in total. The summed E-state index contributed by atoms with van der Waals surface area (Å²) in [5.74, 6) is 0.973. The number of phosphoric ester groups is 1. The van der Waals surface area contributed by atoms with Crippen molar-refractivity contribution < 1.29 is 22.9 Å². The number of benzene rings is 4.